The minimum Gasteiger partial charge on any atom is -0.344 e. The van der Waals surface area contributed by atoms with E-state index < -0.39 is 0 Å². The Kier molecular flexibility index (Phi) is 2.74. The highest BCUT2D eigenvalue weighted by Crippen LogP contribution is 2.30. The molecule has 0 aromatic carbocycles. The normalized spacial score (nSPS) is 14.3. The summed E-state index contributed by atoms with van der Waals surface area (Å²) in [6.07, 6.45) is 7.01. The van der Waals surface area contributed by atoms with Crippen LogP contribution in [0.1, 0.15) is 35.8 Å². The molecule has 0 fully saturated rings. The molecule has 92 valence electrons. The molecule has 18 heavy (non-hydrogen) atoms. The lowest BCUT2D eigenvalue weighted by molar-refractivity contribution is 0.101. The van der Waals surface area contributed by atoms with E-state index in [-0.39, 0.29) is 5.78 Å². The van der Waals surface area contributed by atoms with Gasteiger partial charge in [0, 0.05) is 35.8 Å². The molecule has 0 unspecified atom stereocenters. The molecular formula is C15H16N2O. The van der Waals surface area contributed by atoms with Crippen LogP contribution in [0.5, 0.6) is 0 Å². The van der Waals surface area contributed by atoms with Crippen molar-refractivity contribution >= 4 is 5.78 Å². The van der Waals surface area contributed by atoms with Gasteiger partial charge in [-0.05, 0) is 44.4 Å². The predicted molar refractivity (Wildman–Crippen MR) is 70.6 cm³/mol. The van der Waals surface area contributed by atoms with Crippen molar-refractivity contribution in [1.82, 2.24) is 9.55 Å². The third kappa shape index (κ3) is 1.76. The van der Waals surface area contributed by atoms with Gasteiger partial charge < -0.3 is 4.57 Å². The van der Waals surface area contributed by atoms with E-state index in [0.29, 0.717) is 0 Å². The maximum absolute atomic E-state index is 11.7. The number of carbonyl (C=O) groups excluding carboxylic acids is 1. The van der Waals surface area contributed by atoms with Gasteiger partial charge in [0.15, 0.2) is 5.78 Å². The van der Waals surface area contributed by atoms with Crippen molar-refractivity contribution in [2.45, 2.75) is 32.7 Å². The van der Waals surface area contributed by atoms with Crippen LogP contribution in [-0.2, 0) is 13.0 Å². The molecular weight excluding hydrogens is 224 g/mol. The number of pyridine rings is 1. The molecule has 0 aliphatic carbocycles. The van der Waals surface area contributed by atoms with E-state index in [9.17, 15) is 4.79 Å². The standard InChI is InChI=1S/C15H16N2O/c1-11(18)13-9-15(12-5-4-7-16-10-12)17-8-3-2-6-14(13)17/h4-5,7,9-10H,2-3,6,8H2,1H3. The highest BCUT2D eigenvalue weighted by Gasteiger charge is 2.20. The number of Topliss-reactive ketones (excluding diaryl/α,β-unsaturated/α-hetero) is 1. The fraction of sp³-hybridized carbons (Fsp3) is 0.333. The summed E-state index contributed by atoms with van der Waals surface area (Å²) in [5.41, 5.74) is 4.30. The van der Waals surface area contributed by atoms with Crippen LogP contribution in [0.2, 0.25) is 0 Å². The molecule has 1 aliphatic rings. The summed E-state index contributed by atoms with van der Waals surface area (Å²) in [7, 11) is 0. The lowest BCUT2D eigenvalue weighted by Gasteiger charge is -2.18. The van der Waals surface area contributed by atoms with Crippen molar-refractivity contribution in [1.29, 1.82) is 0 Å². The molecule has 3 heteroatoms. The second-order valence-corrected chi connectivity index (χ2v) is 4.80. The molecule has 3 nitrogen and oxygen atoms in total. The third-order valence-corrected chi connectivity index (χ3v) is 3.59. The van der Waals surface area contributed by atoms with Crippen LogP contribution in [0, 0.1) is 0 Å². The fourth-order valence-corrected chi connectivity index (χ4v) is 2.73. The average Bonchev–Trinajstić information content (AvgIpc) is 2.79. The number of nitrogens with zero attached hydrogens (tertiary/aromatic N) is 2. The van der Waals surface area contributed by atoms with Gasteiger partial charge in [-0.2, -0.15) is 0 Å². The van der Waals surface area contributed by atoms with E-state index in [1.807, 2.05) is 24.4 Å². The Bertz CT molecular complexity index is 584. The Morgan fingerprint density at radius 1 is 1.39 bits per heavy atom. The van der Waals surface area contributed by atoms with Crippen molar-refractivity contribution in [3.05, 3.63) is 41.9 Å². The van der Waals surface area contributed by atoms with Crippen LogP contribution in [-0.4, -0.2) is 15.3 Å². The van der Waals surface area contributed by atoms with Crippen LogP contribution in [0.4, 0.5) is 0 Å². The molecule has 0 amide bonds. The van der Waals surface area contributed by atoms with Crippen LogP contribution in [0.3, 0.4) is 0 Å². The summed E-state index contributed by atoms with van der Waals surface area (Å²) in [6.45, 7) is 2.66. The predicted octanol–water partition coefficient (Wildman–Crippen LogP) is 3.09. The van der Waals surface area contributed by atoms with E-state index >= 15 is 0 Å². The Morgan fingerprint density at radius 3 is 3.00 bits per heavy atom. The third-order valence-electron chi connectivity index (χ3n) is 3.59. The van der Waals surface area contributed by atoms with Gasteiger partial charge in [0.1, 0.15) is 0 Å². The summed E-state index contributed by atoms with van der Waals surface area (Å²) in [4.78, 5) is 15.9. The van der Waals surface area contributed by atoms with Gasteiger partial charge in [-0.15, -0.1) is 0 Å². The summed E-state index contributed by atoms with van der Waals surface area (Å²) in [5, 5.41) is 0. The van der Waals surface area contributed by atoms with Crippen LogP contribution >= 0.6 is 0 Å². The van der Waals surface area contributed by atoms with E-state index in [1.165, 1.54) is 18.5 Å². The van der Waals surface area contributed by atoms with Crippen molar-refractivity contribution in [3.63, 3.8) is 0 Å². The molecule has 1 aliphatic heterocycles. The van der Waals surface area contributed by atoms with Gasteiger partial charge in [-0.25, -0.2) is 0 Å². The SMILES string of the molecule is CC(=O)c1cc(-c2cccnc2)n2c1CCCC2. The average molecular weight is 240 g/mol. The van der Waals surface area contributed by atoms with Crippen molar-refractivity contribution in [2.24, 2.45) is 0 Å². The van der Waals surface area contributed by atoms with E-state index in [1.54, 1.807) is 13.1 Å². The Labute approximate surface area is 106 Å². The maximum Gasteiger partial charge on any atom is 0.161 e. The van der Waals surface area contributed by atoms with Crippen molar-refractivity contribution < 1.29 is 4.79 Å². The van der Waals surface area contributed by atoms with Crippen molar-refractivity contribution in [3.8, 4) is 11.3 Å². The van der Waals surface area contributed by atoms with Gasteiger partial charge in [0.05, 0.1) is 5.69 Å². The number of aromatic nitrogens is 2. The quantitative estimate of drug-likeness (QED) is 0.756. The summed E-state index contributed by atoms with van der Waals surface area (Å²) in [5.74, 6) is 0.163. The number of rotatable bonds is 2. The van der Waals surface area contributed by atoms with Gasteiger partial charge in [0.2, 0.25) is 0 Å². The van der Waals surface area contributed by atoms with E-state index in [0.717, 1.165) is 29.8 Å². The van der Waals surface area contributed by atoms with Gasteiger partial charge >= 0.3 is 0 Å². The molecule has 0 saturated carbocycles. The van der Waals surface area contributed by atoms with Crippen molar-refractivity contribution in [2.75, 3.05) is 0 Å². The topological polar surface area (TPSA) is 34.9 Å². The van der Waals surface area contributed by atoms with E-state index in [4.69, 9.17) is 0 Å². The summed E-state index contributed by atoms with van der Waals surface area (Å²) < 4.78 is 2.29. The lowest BCUT2D eigenvalue weighted by atomic mass is 10.1. The monoisotopic (exact) mass is 240 g/mol. The van der Waals surface area contributed by atoms with Gasteiger partial charge in [-0.3, -0.25) is 9.78 Å². The molecule has 2 aromatic rings. The van der Waals surface area contributed by atoms with Gasteiger partial charge in [0.25, 0.3) is 0 Å². The van der Waals surface area contributed by atoms with Crippen LogP contribution < -0.4 is 0 Å². The Morgan fingerprint density at radius 2 is 2.28 bits per heavy atom. The molecule has 3 heterocycles. The fourth-order valence-electron chi connectivity index (χ4n) is 2.73. The first-order valence-corrected chi connectivity index (χ1v) is 6.41. The zero-order chi connectivity index (χ0) is 12.5. The Hall–Kier alpha value is -1.90. The second-order valence-electron chi connectivity index (χ2n) is 4.80. The number of hydrogen-bond acceptors (Lipinski definition) is 2. The highest BCUT2D eigenvalue weighted by molar-refractivity contribution is 5.97. The smallest absolute Gasteiger partial charge is 0.161 e. The molecule has 0 spiro atoms. The van der Waals surface area contributed by atoms with Crippen LogP contribution in [0.25, 0.3) is 11.3 Å². The molecule has 0 saturated heterocycles. The molecule has 2 aromatic heterocycles. The minimum absolute atomic E-state index is 0.163. The van der Waals surface area contributed by atoms with Crippen LogP contribution in [0.15, 0.2) is 30.6 Å². The number of carbonyl (C=O) groups is 1. The molecule has 0 radical (unpaired) electrons. The number of fused-ring (bicyclic) bond motifs is 1. The molecule has 0 atom stereocenters. The molecule has 0 bridgehead atoms. The lowest BCUT2D eigenvalue weighted by Crippen LogP contribution is -2.12. The first-order chi connectivity index (χ1) is 8.77. The largest absolute Gasteiger partial charge is 0.344 e. The second kappa shape index (κ2) is 4.41. The zero-order valence-corrected chi connectivity index (χ0v) is 10.5. The minimum atomic E-state index is 0.163. The number of ketones is 1. The first kappa shape index (κ1) is 11.2. The van der Waals surface area contributed by atoms with E-state index in [2.05, 4.69) is 9.55 Å². The maximum atomic E-state index is 11.7. The highest BCUT2D eigenvalue weighted by atomic mass is 16.1. The summed E-state index contributed by atoms with van der Waals surface area (Å²) in [6, 6.07) is 6.01. The number of hydrogen-bond donors (Lipinski definition) is 0. The first-order valence-electron chi connectivity index (χ1n) is 6.41. The molecule has 3 rings (SSSR count). The Balaban J connectivity index is 2.18. The zero-order valence-electron chi connectivity index (χ0n) is 10.5. The summed E-state index contributed by atoms with van der Waals surface area (Å²) >= 11 is 0. The van der Waals surface area contributed by atoms with Gasteiger partial charge in [-0.1, -0.05) is 0 Å². The molecule has 0 N–H and O–H groups in total.